The first kappa shape index (κ1) is 12.7. The Bertz CT molecular complexity index is 490. The van der Waals surface area contributed by atoms with E-state index in [0.29, 0.717) is 18.7 Å². The SMILES string of the molecule is O=C(CN1CCCC1=O)Nc1ccc(O)cc1Cl. The summed E-state index contributed by atoms with van der Waals surface area (Å²) in [7, 11) is 0. The Labute approximate surface area is 109 Å². The molecule has 1 aromatic carbocycles. The van der Waals surface area contributed by atoms with Gasteiger partial charge in [-0.05, 0) is 18.6 Å². The number of benzene rings is 1. The van der Waals surface area contributed by atoms with Gasteiger partial charge in [-0.25, -0.2) is 0 Å². The summed E-state index contributed by atoms with van der Waals surface area (Å²) in [6.45, 7) is 0.658. The molecule has 2 N–H and O–H groups in total. The Morgan fingerprint density at radius 3 is 2.89 bits per heavy atom. The van der Waals surface area contributed by atoms with Crippen LogP contribution in [0.4, 0.5) is 5.69 Å². The van der Waals surface area contributed by atoms with Crippen LogP contribution in [0, 0.1) is 0 Å². The number of phenolic OH excluding ortho intramolecular Hbond substituents is 1. The van der Waals surface area contributed by atoms with Gasteiger partial charge in [0.2, 0.25) is 11.8 Å². The maximum Gasteiger partial charge on any atom is 0.244 e. The predicted octanol–water partition coefficient (Wildman–Crippen LogP) is 1.61. The van der Waals surface area contributed by atoms with E-state index >= 15 is 0 Å². The van der Waals surface area contributed by atoms with E-state index in [0.717, 1.165) is 6.42 Å². The van der Waals surface area contributed by atoms with Gasteiger partial charge in [-0.2, -0.15) is 0 Å². The summed E-state index contributed by atoms with van der Waals surface area (Å²) < 4.78 is 0. The van der Waals surface area contributed by atoms with E-state index in [9.17, 15) is 14.7 Å². The standard InChI is InChI=1S/C12H13ClN2O3/c13-9-6-8(16)3-4-10(9)14-11(17)7-15-5-1-2-12(15)18/h3-4,6,16H,1-2,5,7H2,(H,14,17). The predicted molar refractivity (Wildman–Crippen MR) is 67.6 cm³/mol. The molecule has 6 heteroatoms. The number of rotatable bonds is 3. The highest BCUT2D eigenvalue weighted by atomic mass is 35.5. The van der Waals surface area contributed by atoms with Gasteiger partial charge in [0.15, 0.2) is 0 Å². The van der Waals surface area contributed by atoms with Crippen molar-refractivity contribution in [2.24, 2.45) is 0 Å². The molecule has 96 valence electrons. The molecule has 0 aliphatic carbocycles. The van der Waals surface area contributed by atoms with Crippen LogP contribution in [0.5, 0.6) is 5.75 Å². The van der Waals surface area contributed by atoms with Gasteiger partial charge in [-0.1, -0.05) is 11.6 Å². The smallest absolute Gasteiger partial charge is 0.244 e. The zero-order valence-electron chi connectivity index (χ0n) is 9.65. The lowest BCUT2D eigenvalue weighted by Gasteiger charge is -2.15. The summed E-state index contributed by atoms with van der Waals surface area (Å²) in [6, 6.07) is 4.29. The lowest BCUT2D eigenvalue weighted by molar-refractivity contribution is -0.131. The third-order valence-electron chi connectivity index (χ3n) is 2.73. The van der Waals surface area contributed by atoms with Crippen molar-refractivity contribution in [1.29, 1.82) is 0 Å². The molecule has 5 nitrogen and oxygen atoms in total. The van der Waals surface area contributed by atoms with Crippen molar-refractivity contribution in [3.8, 4) is 5.75 Å². The van der Waals surface area contributed by atoms with Crippen molar-refractivity contribution >= 4 is 29.1 Å². The average Bonchev–Trinajstić information content (AvgIpc) is 2.69. The van der Waals surface area contributed by atoms with E-state index in [4.69, 9.17) is 11.6 Å². The Morgan fingerprint density at radius 1 is 1.50 bits per heavy atom. The number of nitrogens with zero attached hydrogens (tertiary/aromatic N) is 1. The molecule has 0 atom stereocenters. The van der Waals surface area contributed by atoms with Gasteiger partial charge in [0.25, 0.3) is 0 Å². The van der Waals surface area contributed by atoms with Gasteiger partial charge in [0.1, 0.15) is 5.75 Å². The number of likely N-dealkylation sites (tertiary alicyclic amines) is 1. The van der Waals surface area contributed by atoms with Crippen LogP contribution in [0.15, 0.2) is 18.2 Å². The third kappa shape index (κ3) is 2.92. The summed E-state index contributed by atoms with van der Waals surface area (Å²) in [5, 5.41) is 12.1. The highest BCUT2D eigenvalue weighted by Gasteiger charge is 2.22. The summed E-state index contributed by atoms with van der Waals surface area (Å²) in [6.07, 6.45) is 1.30. The lowest BCUT2D eigenvalue weighted by Crippen LogP contribution is -2.34. The fraction of sp³-hybridized carbons (Fsp3) is 0.333. The molecule has 1 aliphatic heterocycles. The Hall–Kier alpha value is -1.75. The van der Waals surface area contributed by atoms with Crippen LogP contribution in [0.2, 0.25) is 5.02 Å². The first-order chi connectivity index (χ1) is 8.56. The number of anilines is 1. The molecule has 0 saturated carbocycles. The van der Waals surface area contributed by atoms with Gasteiger partial charge in [0, 0.05) is 19.0 Å². The molecule has 1 aromatic rings. The van der Waals surface area contributed by atoms with Crippen LogP contribution in [-0.2, 0) is 9.59 Å². The Kier molecular flexibility index (Phi) is 3.72. The average molecular weight is 269 g/mol. The molecule has 2 amide bonds. The first-order valence-electron chi connectivity index (χ1n) is 5.62. The molecule has 0 bridgehead atoms. The normalized spacial score (nSPS) is 14.9. The Balaban J connectivity index is 1.96. The van der Waals surface area contributed by atoms with E-state index in [2.05, 4.69) is 5.32 Å². The summed E-state index contributed by atoms with van der Waals surface area (Å²) in [5.41, 5.74) is 0.422. The molecular weight excluding hydrogens is 256 g/mol. The van der Waals surface area contributed by atoms with Gasteiger partial charge < -0.3 is 15.3 Å². The largest absolute Gasteiger partial charge is 0.508 e. The fourth-order valence-corrected chi connectivity index (χ4v) is 2.06. The molecule has 1 saturated heterocycles. The van der Waals surface area contributed by atoms with E-state index in [1.165, 1.54) is 23.1 Å². The number of aromatic hydroxyl groups is 1. The molecule has 18 heavy (non-hydrogen) atoms. The van der Waals surface area contributed by atoms with Crippen molar-refractivity contribution in [3.05, 3.63) is 23.2 Å². The molecule has 0 radical (unpaired) electrons. The molecule has 0 aromatic heterocycles. The topological polar surface area (TPSA) is 69.6 Å². The quantitative estimate of drug-likeness (QED) is 0.818. The van der Waals surface area contributed by atoms with Gasteiger partial charge in [0.05, 0.1) is 17.3 Å². The van der Waals surface area contributed by atoms with Gasteiger partial charge in [-0.3, -0.25) is 9.59 Å². The summed E-state index contributed by atoms with van der Waals surface area (Å²) in [4.78, 5) is 24.6. The van der Waals surface area contributed by atoms with E-state index < -0.39 is 0 Å². The minimum absolute atomic E-state index is 0.00181. The molecule has 0 spiro atoms. The minimum atomic E-state index is -0.294. The number of hydrogen-bond acceptors (Lipinski definition) is 3. The second-order valence-electron chi connectivity index (χ2n) is 4.13. The zero-order valence-corrected chi connectivity index (χ0v) is 10.4. The van der Waals surface area contributed by atoms with E-state index in [-0.39, 0.29) is 29.1 Å². The number of phenols is 1. The second-order valence-corrected chi connectivity index (χ2v) is 4.54. The molecule has 1 aliphatic rings. The van der Waals surface area contributed by atoms with Crippen LogP contribution >= 0.6 is 11.6 Å². The summed E-state index contributed by atoms with van der Waals surface area (Å²) in [5.74, 6) is -0.257. The zero-order chi connectivity index (χ0) is 13.1. The minimum Gasteiger partial charge on any atom is -0.508 e. The van der Waals surface area contributed by atoms with Gasteiger partial charge >= 0.3 is 0 Å². The van der Waals surface area contributed by atoms with Crippen LogP contribution in [-0.4, -0.2) is 34.9 Å². The van der Waals surface area contributed by atoms with Crippen LogP contribution in [0.3, 0.4) is 0 Å². The van der Waals surface area contributed by atoms with Crippen molar-refractivity contribution in [3.63, 3.8) is 0 Å². The van der Waals surface area contributed by atoms with Crippen LogP contribution in [0.1, 0.15) is 12.8 Å². The monoisotopic (exact) mass is 268 g/mol. The molecule has 1 fully saturated rings. The highest BCUT2D eigenvalue weighted by molar-refractivity contribution is 6.33. The highest BCUT2D eigenvalue weighted by Crippen LogP contribution is 2.25. The van der Waals surface area contributed by atoms with Crippen LogP contribution < -0.4 is 5.32 Å². The molecule has 0 unspecified atom stereocenters. The van der Waals surface area contributed by atoms with E-state index in [1.807, 2.05) is 0 Å². The molecular formula is C12H13ClN2O3. The molecule has 1 heterocycles. The number of carbonyl (C=O) groups is 2. The number of hydrogen-bond donors (Lipinski definition) is 2. The number of amides is 2. The van der Waals surface area contributed by atoms with Crippen molar-refractivity contribution in [2.75, 3.05) is 18.4 Å². The fourth-order valence-electron chi connectivity index (χ4n) is 1.84. The Morgan fingerprint density at radius 2 is 2.28 bits per heavy atom. The maximum atomic E-state index is 11.7. The lowest BCUT2D eigenvalue weighted by atomic mass is 10.3. The first-order valence-corrected chi connectivity index (χ1v) is 6.00. The second kappa shape index (κ2) is 5.27. The summed E-state index contributed by atoms with van der Waals surface area (Å²) >= 11 is 5.86. The van der Waals surface area contributed by atoms with Crippen molar-refractivity contribution in [2.45, 2.75) is 12.8 Å². The van der Waals surface area contributed by atoms with Crippen molar-refractivity contribution in [1.82, 2.24) is 4.90 Å². The number of carbonyl (C=O) groups excluding carboxylic acids is 2. The van der Waals surface area contributed by atoms with Gasteiger partial charge in [-0.15, -0.1) is 0 Å². The number of halogens is 1. The molecule has 2 rings (SSSR count). The third-order valence-corrected chi connectivity index (χ3v) is 3.05. The number of nitrogens with one attached hydrogen (secondary N) is 1. The van der Waals surface area contributed by atoms with Crippen LogP contribution in [0.25, 0.3) is 0 Å². The maximum absolute atomic E-state index is 11.7. The van der Waals surface area contributed by atoms with E-state index in [1.54, 1.807) is 0 Å². The van der Waals surface area contributed by atoms with Crippen molar-refractivity contribution < 1.29 is 14.7 Å².